The average Bonchev–Trinajstić information content (AvgIpc) is 2.66. The highest BCUT2D eigenvalue weighted by molar-refractivity contribution is 6.42. The van der Waals surface area contributed by atoms with E-state index in [1.807, 2.05) is 26.1 Å². The van der Waals surface area contributed by atoms with Crippen LogP contribution in [0.2, 0.25) is 10.0 Å². The predicted molar refractivity (Wildman–Crippen MR) is 73.1 cm³/mol. The Hall–Kier alpha value is -1.03. The van der Waals surface area contributed by atoms with Crippen molar-refractivity contribution in [2.24, 2.45) is 7.05 Å². The normalized spacial score (nSPS) is 12.7. The molecule has 0 radical (unpaired) electrons. The zero-order valence-electron chi connectivity index (χ0n) is 10.2. The second-order valence-electron chi connectivity index (χ2n) is 4.24. The first-order valence-electron chi connectivity index (χ1n) is 5.60. The Labute approximate surface area is 116 Å². The van der Waals surface area contributed by atoms with Gasteiger partial charge in [-0.1, -0.05) is 35.3 Å². The van der Waals surface area contributed by atoms with E-state index < -0.39 is 6.10 Å². The fourth-order valence-electron chi connectivity index (χ4n) is 1.87. The van der Waals surface area contributed by atoms with E-state index in [0.717, 1.165) is 16.8 Å². The molecule has 96 valence electrons. The fourth-order valence-corrected chi connectivity index (χ4v) is 2.26. The summed E-state index contributed by atoms with van der Waals surface area (Å²) in [5.41, 5.74) is 2.59. The molecule has 2 rings (SSSR count). The summed E-state index contributed by atoms with van der Waals surface area (Å²) in [5, 5.41) is 15.3. The van der Waals surface area contributed by atoms with Crippen LogP contribution in [-0.2, 0) is 13.5 Å². The van der Waals surface area contributed by atoms with E-state index >= 15 is 0 Å². The quantitative estimate of drug-likeness (QED) is 0.939. The standard InChI is InChI=1S/C13H14Cl2N2O/c1-8-10(7-16-17(8)2)12(18)6-9-4-3-5-11(14)13(9)15/h3-5,7,12,18H,6H2,1-2H3. The molecule has 0 fully saturated rings. The van der Waals surface area contributed by atoms with Crippen LogP contribution in [0, 0.1) is 6.92 Å². The molecule has 3 nitrogen and oxygen atoms in total. The van der Waals surface area contributed by atoms with Crippen LogP contribution < -0.4 is 0 Å². The molecule has 18 heavy (non-hydrogen) atoms. The van der Waals surface area contributed by atoms with Crippen molar-refractivity contribution in [2.75, 3.05) is 0 Å². The number of aryl methyl sites for hydroxylation is 1. The topological polar surface area (TPSA) is 38.1 Å². The Morgan fingerprint density at radius 1 is 1.39 bits per heavy atom. The van der Waals surface area contributed by atoms with Crippen molar-refractivity contribution < 1.29 is 5.11 Å². The molecule has 1 aromatic carbocycles. The highest BCUT2D eigenvalue weighted by Crippen LogP contribution is 2.29. The van der Waals surface area contributed by atoms with Crippen LogP contribution in [-0.4, -0.2) is 14.9 Å². The zero-order chi connectivity index (χ0) is 13.3. The lowest BCUT2D eigenvalue weighted by molar-refractivity contribution is 0.177. The molecular formula is C13H14Cl2N2O. The van der Waals surface area contributed by atoms with Crippen molar-refractivity contribution in [3.05, 3.63) is 51.3 Å². The van der Waals surface area contributed by atoms with E-state index in [1.165, 1.54) is 0 Å². The lowest BCUT2D eigenvalue weighted by atomic mass is 10.0. The molecule has 5 heteroatoms. The van der Waals surface area contributed by atoms with Crippen molar-refractivity contribution in [2.45, 2.75) is 19.4 Å². The average molecular weight is 285 g/mol. The van der Waals surface area contributed by atoms with Crippen molar-refractivity contribution >= 4 is 23.2 Å². The van der Waals surface area contributed by atoms with Gasteiger partial charge >= 0.3 is 0 Å². The predicted octanol–water partition coefficient (Wildman–Crippen LogP) is 3.31. The van der Waals surface area contributed by atoms with Gasteiger partial charge in [-0.05, 0) is 18.6 Å². The first-order chi connectivity index (χ1) is 8.50. The van der Waals surface area contributed by atoms with E-state index in [-0.39, 0.29) is 0 Å². The van der Waals surface area contributed by atoms with Gasteiger partial charge in [0.05, 0.1) is 22.3 Å². The Morgan fingerprint density at radius 2 is 2.11 bits per heavy atom. The number of hydrogen-bond acceptors (Lipinski definition) is 2. The van der Waals surface area contributed by atoms with Crippen molar-refractivity contribution in [1.82, 2.24) is 9.78 Å². The SMILES string of the molecule is Cc1c(C(O)Cc2cccc(Cl)c2Cl)cnn1C. The highest BCUT2D eigenvalue weighted by atomic mass is 35.5. The Kier molecular flexibility index (Phi) is 3.95. The number of rotatable bonds is 3. The lowest BCUT2D eigenvalue weighted by Crippen LogP contribution is -2.04. The Balaban J connectivity index is 2.24. The van der Waals surface area contributed by atoms with Crippen LogP contribution in [0.5, 0.6) is 0 Å². The Bertz CT molecular complexity index is 566. The van der Waals surface area contributed by atoms with Gasteiger partial charge in [0.2, 0.25) is 0 Å². The summed E-state index contributed by atoms with van der Waals surface area (Å²) in [7, 11) is 1.85. The van der Waals surface area contributed by atoms with Crippen LogP contribution in [0.3, 0.4) is 0 Å². The summed E-state index contributed by atoms with van der Waals surface area (Å²) in [5.74, 6) is 0. The number of nitrogens with zero attached hydrogens (tertiary/aromatic N) is 2. The maximum absolute atomic E-state index is 10.2. The van der Waals surface area contributed by atoms with Crippen molar-refractivity contribution in [3.63, 3.8) is 0 Å². The molecule has 0 bridgehead atoms. The zero-order valence-corrected chi connectivity index (χ0v) is 11.7. The highest BCUT2D eigenvalue weighted by Gasteiger charge is 2.16. The maximum Gasteiger partial charge on any atom is 0.0864 e. The first kappa shape index (κ1) is 13.4. The first-order valence-corrected chi connectivity index (χ1v) is 6.35. The van der Waals surface area contributed by atoms with Crippen LogP contribution in [0.15, 0.2) is 24.4 Å². The number of hydrogen-bond donors (Lipinski definition) is 1. The number of aliphatic hydroxyl groups is 1. The van der Waals surface area contributed by atoms with Crippen LogP contribution in [0.25, 0.3) is 0 Å². The van der Waals surface area contributed by atoms with Crippen molar-refractivity contribution in [3.8, 4) is 0 Å². The van der Waals surface area contributed by atoms with Crippen LogP contribution in [0.1, 0.15) is 22.9 Å². The molecule has 0 aliphatic rings. The van der Waals surface area contributed by atoms with E-state index in [1.54, 1.807) is 16.9 Å². The maximum atomic E-state index is 10.2. The van der Waals surface area contributed by atoms with Gasteiger partial charge in [-0.25, -0.2) is 0 Å². The molecule has 0 aliphatic carbocycles. The summed E-state index contributed by atoms with van der Waals surface area (Å²) in [4.78, 5) is 0. The van der Waals surface area contributed by atoms with Crippen molar-refractivity contribution in [1.29, 1.82) is 0 Å². The molecule has 1 aromatic heterocycles. The Morgan fingerprint density at radius 3 is 2.72 bits per heavy atom. The second-order valence-corrected chi connectivity index (χ2v) is 5.03. The van der Waals surface area contributed by atoms with Gasteiger partial charge in [0.15, 0.2) is 0 Å². The largest absolute Gasteiger partial charge is 0.388 e. The summed E-state index contributed by atoms with van der Waals surface area (Å²) in [6.07, 6.45) is 1.47. The molecular weight excluding hydrogens is 271 g/mol. The molecule has 0 aliphatic heterocycles. The summed E-state index contributed by atoms with van der Waals surface area (Å²) < 4.78 is 1.73. The third kappa shape index (κ3) is 2.53. The van der Waals surface area contributed by atoms with Crippen LogP contribution in [0.4, 0.5) is 0 Å². The summed E-state index contributed by atoms with van der Waals surface area (Å²) in [6.45, 7) is 1.92. The van der Waals surface area contributed by atoms with E-state index in [9.17, 15) is 5.11 Å². The minimum Gasteiger partial charge on any atom is -0.388 e. The van der Waals surface area contributed by atoms with Gasteiger partial charge in [0.1, 0.15) is 0 Å². The number of aromatic nitrogens is 2. The van der Waals surface area contributed by atoms with Gasteiger partial charge in [-0.2, -0.15) is 5.10 Å². The molecule has 0 saturated heterocycles. The second kappa shape index (κ2) is 5.31. The molecule has 2 aromatic rings. The van der Waals surface area contributed by atoms with Gasteiger partial charge < -0.3 is 5.11 Å². The van der Waals surface area contributed by atoms with Gasteiger partial charge in [0, 0.05) is 24.7 Å². The fraction of sp³-hybridized carbons (Fsp3) is 0.308. The van der Waals surface area contributed by atoms with Gasteiger partial charge in [0.25, 0.3) is 0 Å². The third-order valence-electron chi connectivity index (χ3n) is 3.08. The third-order valence-corrected chi connectivity index (χ3v) is 3.94. The molecule has 1 N–H and O–H groups in total. The van der Waals surface area contributed by atoms with E-state index in [0.29, 0.717) is 16.5 Å². The summed E-state index contributed by atoms with van der Waals surface area (Å²) in [6, 6.07) is 5.42. The smallest absolute Gasteiger partial charge is 0.0864 e. The molecule has 1 atom stereocenters. The number of halogens is 2. The monoisotopic (exact) mass is 284 g/mol. The number of aliphatic hydroxyl groups excluding tert-OH is 1. The molecule has 0 amide bonds. The van der Waals surface area contributed by atoms with Gasteiger partial charge in [-0.3, -0.25) is 4.68 Å². The summed E-state index contributed by atoms with van der Waals surface area (Å²) >= 11 is 12.1. The molecule has 0 saturated carbocycles. The van der Waals surface area contributed by atoms with E-state index in [2.05, 4.69) is 5.10 Å². The van der Waals surface area contributed by atoms with Crippen LogP contribution >= 0.6 is 23.2 Å². The van der Waals surface area contributed by atoms with Gasteiger partial charge in [-0.15, -0.1) is 0 Å². The lowest BCUT2D eigenvalue weighted by Gasteiger charge is -2.12. The molecule has 1 unspecified atom stereocenters. The van der Waals surface area contributed by atoms with E-state index in [4.69, 9.17) is 23.2 Å². The molecule has 0 spiro atoms. The minimum atomic E-state index is -0.630. The molecule has 1 heterocycles. The number of benzene rings is 1. The minimum absolute atomic E-state index is 0.423.